The summed E-state index contributed by atoms with van der Waals surface area (Å²) >= 11 is 5.78. The molecule has 0 aromatic heterocycles. The summed E-state index contributed by atoms with van der Waals surface area (Å²) in [6.07, 6.45) is -2.05. The van der Waals surface area contributed by atoms with E-state index in [9.17, 15) is 27.9 Å². The van der Waals surface area contributed by atoms with Crippen LogP contribution in [0.15, 0.2) is 30.3 Å². The number of hydrogen-bond donors (Lipinski definition) is 2. The van der Waals surface area contributed by atoms with Gasteiger partial charge in [0, 0.05) is 36.2 Å². The van der Waals surface area contributed by atoms with Crippen LogP contribution in [0, 0.1) is 16.7 Å². The Morgan fingerprint density at radius 3 is 2.46 bits per heavy atom. The van der Waals surface area contributed by atoms with E-state index in [1.165, 1.54) is 25.1 Å². The van der Waals surface area contributed by atoms with Crippen molar-refractivity contribution >= 4 is 29.2 Å². The summed E-state index contributed by atoms with van der Waals surface area (Å²) in [6.45, 7) is 7.54. The van der Waals surface area contributed by atoms with Gasteiger partial charge in [-0.1, -0.05) is 32.4 Å². The fourth-order valence-electron chi connectivity index (χ4n) is 5.69. The number of nitrogens with one attached hydrogen (secondary N) is 1. The number of phenolic OH excluding ortho intramolecular Hbond substituents is 1. The van der Waals surface area contributed by atoms with Crippen LogP contribution in [0.3, 0.4) is 0 Å². The number of esters is 2. The molecule has 200 valence electrons. The van der Waals surface area contributed by atoms with Crippen LogP contribution in [-0.4, -0.2) is 23.1 Å². The van der Waals surface area contributed by atoms with Gasteiger partial charge in [-0.15, -0.1) is 0 Å². The van der Waals surface area contributed by atoms with Crippen LogP contribution in [0.4, 0.5) is 18.9 Å². The number of alkyl halides is 3. The first-order valence-corrected chi connectivity index (χ1v) is 12.4. The van der Waals surface area contributed by atoms with Gasteiger partial charge in [0.2, 0.25) is 0 Å². The van der Waals surface area contributed by atoms with E-state index in [0.29, 0.717) is 17.7 Å². The molecule has 2 fully saturated rings. The second kappa shape index (κ2) is 9.42. The van der Waals surface area contributed by atoms with E-state index in [0.717, 1.165) is 25.3 Å². The molecule has 2 aromatic rings. The first kappa shape index (κ1) is 27.1. The minimum absolute atomic E-state index is 0.0404. The van der Waals surface area contributed by atoms with E-state index in [2.05, 4.69) is 26.1 Å². The molecule has 0 heterocycles. The van der Waals surface area contributed by atoms with Crippen LogP contribution in [0.2, 0.25) is 5.02 Å². The second-order valence-electron chi connectivity index (χ2n) is 10.6. The number of phenols is 1. The van der Waals surface area contributed by atoms with E-state index in [4.69, 9.17) is 21.1 Å². The van der Waals surface area contributed by atoms with Gasteiger partial charge in [0.05, 0.1) is 10.6 Å². The van der Waals surface area contributed by atoms with Gasteiger partial charge in [-0.05, 0) is 54.9 Å². The van der Waals surface area contributed by atoms with E-state index >= 15 is 0 Å². The van der Waals surface area contributed by atoms with Crippen molar-refractivity contribution in [3.05, 3.63) is 52.0 Å². The van der Waals surface area contributed by atoms with Gasteiger partial charge in [-0.2, -0.15) is 13.2 Å². The van der Waals surface area contributed by atoms with Crippen LogP contribution >= 0.6 is 11.6 Å². The number of halogens is 4. The standard InChI is InChI=1S/C27H29ClF3NO5/c1-14(33)36-21-12-18(32-13-15-9-17(27(29,30)31)10-20(28)23(15)34)5-6-19(21)24(35)37-22-11-16-7-8-26(22,4)25(16,2)3/h5-6,9-10,12,16,22,32,34H,7-8,11,13H2,1-4H3. The van der Waals surface area contributed by atoms with Crippen molar-refractivity contribution in [2.24, 2.45) is 16.7 Å². The van der Waals surface area contributed by atoms with Gasteiger partial charge in [-0.3, -0.25) is 4.79 Å². The summed E-state index contributed by atoms with van der Waals surface area (Å²) in [6, 6.07) is 5.78. The quantitative estimate of drug-likeness (QED) is 0.304. The largest absolute Gasteiger partial charge is 0.506 e. The SMILES string of the molecule is CC(=O)Oc1cc(NCc2cc(C(F)(F)F)cc(Cl)c2O)ccc1C(=O)OC1CC2CCC1(C)C2(C)C. The van der Waals surface area contributed by atoms with E-state index in [1.54, 1.807) is 0 Å². The number of anilines is 1. The number of hydrogen-bond acceptors (Lipinski definition) is 6. The van der Waals surface area contributed by atoms with Crippen molar-refractivity contribution in [2.45, 2.75) is 65.8 Å². The molecule has 2 aliphatic rings. The first-order valence-electron chi connectivity index (χ1n) is 12.0. The summed E-state index contributed by atoms with van der Waals surface area (Å²) in [7, 11) is 0. The molecule has 2 saturated carbocycles. The Kier molecular flexibility index (Phi) is 6.90. The average molecular weight is 540 g/mol. The predicted octanol–water partition coefficient (Wildman–Crippen LogP) is 6.97. The van der Waals surface area contributed by atoms with Gasteiger partial charge < -0.3 is 19.9 Å². The highest BCUT2D eigenvalue weighted by Crippen LogP contribution is 2.66. The zero-order chi connectivity index (χ0) is 27.3. The lowest BCUT2D eigenvalue weighted by Gasteiger charge is -2.38. The van der Waals surface area contributed by atoms with E-state index in [1.807, 2.05) is 0 Å². The van der Waals surface area contributed by atoms with Gasteiger partial charge in [-0.25, -0.2) is 4.79 Å². The zero-order valence-corrected chi connectivity index (χ0v) is 21.7. The number of rotatable bonds is 6. The molecule has 10 heteroatoms. The number of carbonyl (C=O) groups is 2. The molecule has 2 bridgehead atoms. The van der Waals surface area contributed by atoms with Crippen LogP contribution < -0.4 is 10.1 Å². The Morgan fingerprint density at radius 2 is 1.89 bits per heavy atom. The third kappa shape index (κ3) is 4.98. The van der Waals surface area contributed by atoms with Crippen LogP contribution in [0.25, 0.3) is 0 Å². The van der Waals surface area contributed by atoms with Crippen molar-refractivity contribution in [2.75, 3.05) is 5.32 Å². The molecule has 37 heavy (non-hydrogen) atoms. The monoisotopic (exact) mass is 539 g/mol. The Morgan fingerprint density at radius 1 is 1.19 bits per heavy atom. The van der Waals surface area contributed by atoms with Crippen molar-refractivity contribution in [1.29, 1.82) is 0 Å². The zero-order valence-electron chi connectivity index (χ0n) is 21.0. The number of carbonyl (C=O) groups excluding carboxylic acids is 2. The Labute approximate surface area is 218 Å². The fraction of sp³-hybridized carbons (Fsp3) is 0.481. The molecule has 6 nitrogen and oxygen atoms in total. The summed E-state index contributed by atoms with van der Waals surface area (Å²) in [4.78, 5) is 24.9. The second-order valence-corrected chi connectivity index (χ2v) is 11.0. The molecule has 0 spiro atoms. The average Bonchev–Trinajstić information content (AvgIpc) is 3.12. The molecule has 4 rings (SSSR count). The van der Waals surface area contributed by atoms with Crippen molar-refractivity contribution in [1.82, 2.24) is 0 Å². The highest BCUT2D eigenvalue weighted by molar-refractivity contribution is 6.32. The lowest BCUT2D eigenvalue weighted by molar-refractivity contribution is -0.137. The highest BCUT2D eigenvalue weighted by Gasteiger charge is 2.63. The van der Waals surface area contributed by atoms with Crippen molar-refractivity contribution < 1.29 is 37.3 Å². The third-order valence-corrected chi connectivity index (χ3v) is 8.66. The van der Waals surface area contributed by atoms with Crippen LogP contribution in [0.5, 0.6) is 11.5 Å². The molecule has 2 aromatic carbocycles. The van der Waals surface area contributed by atoms with Gasteiger partial charge in [0.25, 0.3) is 0 Å². The predicted molar refractivity (Wildman–Crippen MR) is 132 cm³/mol. The van der Waals surface area contributed by atoms with Crippen LogP contribution in [0.1, 0.15) is 68.4 Å². The maximum absolute atomic E-state index is 13.1. The lowest BCUT2D eigenvalue weighted by atomic mass is 9.70. The molecular weight excluding hydrogens is 511 g/mol. The molecule has 2 N–H and O–H groups in total. The molecule has 0 saturated heterocycles. The highest BCUT2D eigenvalue weighted by atomic mass is 35.5. The summed E-state index contributed by atoms with van der Waals surface area (Å²) in [5, 5.41) is 12.6. The number of benzene rings is 2. The van der Waals surface area contributed by atoms with Gasteiger partial charge in [0.15, 0.2) is 0 Å². The number of aromatic hydroxyl groups is 1. The summed E-state index contributed by atoms with van der Waals surface area (Å²) < 4.78 is 50.6. The Balaban J connectivity index is 1.54. The van der Waals surface area contributed by atoms with Crippen LogP contribution in [-0.2, 0) is 22.3 Å². The molecule has 3 unspecified atom stereocenters. The summed E-state index contributed by atoms with van der Waals surface area (Å²) in [5.41, 5.74) is -0.774. The molecule has 0 amide bonds. The minimum Gasteiger partial charge on any atom is -0.506 e. The molecular formula is C27H29ClF3NO5. The van der Waals surface area contributed by atoms with Gasteiger partial charge in [0.1, 0.15) is 23.2 Å². The molecule has 3 atom stereocenters. The first-order chi connectivity index (χ1) is 17.1. The lowest BCUT2D eigenvalue weighted by Crippen LogP contribution is -2.38. The maximum atomic E-state index is 13.1. The van der Waals surface area contributed by atoms with Crippen molar-refractivity contribution in [3.63, 3.8) is 0 Å². The third-order valence-electron chi connectivity index (χ3n) is 8.37. The Hall–Kier alpha value is -2.94. The smallest absolute Gasteiger partial charge is 0.416 e. The minimum atomic E-state index is -4.64. The van der Waals surface area contributed by atoms with E-state index < -0.39 is 34.5 Å². The number of fused-ring (bicyclic) bond motifs is 2. The van der Waals surface area contributed by atoms with Crippen molar-refractivity contribution in [3.8, 4) is 11.5 Å². The topological polar surface area (TPSA) is 84.9 Å². The summed E-state index contributed by atoms with van der Waals surface area (Å²) in [5.74, 6) is -1.32. The molecule has 0 aliphatic heterocycles. The molecule has 2 aliphatic carbocycles. The fourth-order valence-corrected chi connectivity index (χ4v) is 5.93. The Bertz CT molecular complexity index is 1250. The molecule has 0 radical (unpaired) electrons. The van der Waals surface area contributed by atoms with E-state index in [-0.39, 0.29) is 40.4 Å². The van der Waals surface area contributed by atoms with Gasteiger partial charge >= 0.3 is 18.1 Å². The number of ether oxygens (including phenoxy) is 2. The maximum Gasteiger partial charge on any atom is 0.416 e. The normalized spacial score (nSPS) is 24.1.